The van der Waals surface area contributed by atoms with E-state index in [-0.39, 0.29) is 10.8 Å². The quantitative estimate of drug-likeness (QED) is 0.536. The molecule has 3 aromatic rings. The zero-order valence-electron chi connectivity index (χ0n) is 19.1. The first-order valence-electron chi connectivity index (χ1n) is 11.6. The maximum atomic E-state index is 13.0. The van der Waals surface area contributed by atoms with Crippen molar-refractivity contribution in [2.24, 2.45) is 0 Å². The zero-order valence-corrected chi connectivity index (χ0v) is 20.8. The first-order chi connectivity index (χ1) is 16.5. The Hall–Kier alpha value is -2.53. The standard InChI is InChI=1S/C24H28N4O4S2/c1-2-18-4-3-5-21-22(18)25-24(33-21)27-12-10-26(11-13-27)23(29)19-6-8-20(9-7-19)34(30,31)28-14-16-32-17-15-28/h3-9H,2,10-17H2,1H3. The van der Waals surface area contributed by atoms with Crippen LogP contribution in [0.25, 0.3) is 10.2 Å². The number of morpholine rings is 1. The maximum Gasteiger partial charge on any atom is 0.253 e. The Morgan fingerprint density at radius 1 is 1.00 bits per heavy atom. The fraction of sp³-hybridized carbons (Fsp3) is 0.417. The number of anilines is 1. The molecular weight excluding hydrogens is 472 g/mol. The average Bonchev–Trinajstić information content (AvgIpc) is 3.33. The summed E-state index contributed by atoms with van der Waals surface area (Å²) in [4.78, 5) is 22.2. The number of aromatic nitrogens is 1. The summed E-state index contributed by atoms with van der Waals surface area (Å²) < 4.78 is 33.5. The molecule has 8 nitrogen and oxygen atoms in total. The number of hydrogen-bond acceptors (Lipinski definition) is 7. The molecule has 0 bridgehead atoms. The summed E-state index contributed by atoms with van der Waals surface area (Å²) in [5.41, 5.74) is 2.84. The second-order valence-corrected chi connectivity index (χ2v) is 11.4. The molecule has 2 aliphatic heterocycles. The number of aryl methyl sites for hydroxylation is 1. The molecule has 2 saturated heterocycles. The van der Waals surface area contributed by atoms with Crippen LogP contribution in [0.1, 0.15) is 22.8 Å². The van der Waals surface area contributed by atoms with Gasteiger partial charge >= 0.3 is 0 Å². The number of fused-ring (bicyclic) bond motifs is 1. The molecule has 5 rings (SSSR count). The van der Waals surface area contributed by atoms with Gasteiger partial charge in [-0.25, -0.2) is 13.4 Å². The van der Waals surface area contributed by atoms with Gasteiger partial charge in [-0.1, -0.05) is 30.4 Å². The van der Waals surface area contributed by atoms with Crippen molar-refractivity contribution in [1.82, 2.24) is 14.2 Å². The Balaban J connectivity index is 1.23. The van der Waals surface area contributed by atoms with Crippen LogP contribution in [-0.4, -0.2) is 81.0 Å². The number of nitrogens with zero attached hydrogens (tertiary/aromatic N) is 4. The molecule has 0 radical (unpaired) electrons. The molecule has 2 aliphatic rings. The van der Waals surface area contributed by atoms with Gasteiger partial charge in [-0.2, -0.15) is 4.31 Å². The first-order valence-corrected chi connectivity index (χ1v) is 13.8. The molecule has 34 heavy (non-hydrogen) atoms. The molecule has 0 N–H and O–H groups in total. The van der Waals surface area contributed by atoms with Crippen LogP contribution in [0, 0.1) is 0 Å². The SMILES string of the molecule is CCc1cccc2sc(N3CCN(C(=O)c4ccc(S(=O)(=O)N5CCOCC5)cc4)CC3)nc12. The lowest BCUT2D eigenvalue weighted by atomic mass is 10.1. The molecule has 0 unspecified atom stereocenters. The number of benzene rings is 2. The van der Waals surface area contributed by atoms with E-state index in [4.69, 9.17) is 9.72 Å². The fourth-order valence-corrected chi connectivity index (χ4v) is 6.88. The third-order valence-corrected chi connectivity index (χ3v) is 9.41. The highest BCUT2D eigenvalue weighted by Gasteiger charge is 2.28. The molecule has 2 fully saturated rings. The number of para-hydroxylation sites is 1. The van der Waals surface area contributed by atoms with Crippen molar-refractivity contribution in [3.63, 3.8) is 0 Å². The average molecular weight is 501 g/mol. The molecule has 0 saturated carbocycles. The van der Waals surface area contributed by atoms with Crippen LogP contribution in [0.15, 0.2) is 47.4 Å². The van der Waals surface area contributed by atoms with Gasteiger partial charge in [0.25, 0.3) is 5.91 Å². The van der Waals surface area contributed by atoms with E-state index >= 15 is 0 Å². The number of ether oxygens (including phenoxy) is 1. The molecular formula is C24H28N4O4S2. The molecule has 180 valence electrons. The summed E-state index contributed by atoms with van der Waals surface area (Å²) in [6.45, 7) is 6.28. The zero-order chi connectivity index (χ0) is 23.7. The van der Waals surface area contributed by atoms with E-state index in [1.54, 1.807) is 23.5 Å². The Labute approximate surface area is 203 Å². The van der Waals surface area contributed by atoms with E-state index in [0.29, 0.717) is 45.0 Å². The molecule has 1 aromatic heterocycles. The van der Waals surface area contributed by atoms with Gasteiger partial charge in [-0.05, 0) is 42.3 Å². The molecule has 2 aromatic carbocycles. The van der Waals surface area contributed by atoms with Crippen molar-refractivity contribution in [2.75, 3.05) is 57.4 Å². The largest absolute Gasteiger partial charge is 0.379 e. The van der Waals surface area contributed by atoms with Crippen molar-refractivity contribution in [3.8, 4) is 0 Å². The summed E-state index contributed by atoms with van der Waals surface area (Å²) in [6.07, 6.45) is 0.954. The van der Waals surface area contributed by atoms with Gasteiger partial charge in [0.15, 0.2) is 5.13 Å². The number of sulfonamides is 1. The molecule has 3 heterocycles. The Bertz CT molecular complexity index is 1280. The lowest BCUT2D eigenvalue weighted by Gasteiger charge is -2.34. The third-order valence-electron chi connectivity index (χ3n) is 6.42. The van der Waals surface area contributed by atoms with Crippen molar-refractivity contribution in [1.29, 1.82) is 0 Å². The first kappa shape index (κ1) is 23.2. The summed E-state index contributed by atoms with van der Waals surface area (Å²) in [6, 6.07) is 12.6. The maximum absolute atomic E-state index is 13.0. The smallest absolute Gasteiger partial charge is 0.253 e. The second kappa shape index (κ2) is 9.61. The summed E-state index contributed by atoms with van der Waals surface area (Å²) in [7, 11) is -3.57. The molecule has 0 spiro atoms. The second-order valence-electron chi connectivity index (χ2n) is 8.43. The van der Waals surface area contributed by atoms with Crippen LogP contribution in [0.4, 0.5) is 5.13 Å². The van der Waals surface area contributed by atoms with Crippen LogP contribution >= 0.6 is 11.3 Å². The van der Waals surface area contributed by atoms with Crippen LogP contribution in [0.5, 0.6) is 0 Å². The van der Waals surface area contributed by atoms with E-state index in [1.807, 2.05) is 4.90 Å². The van der Waals surface area contributed by atoms with E-state index in [9.17, 15) is 13.2 Å². The highest BCUT2D eigenvalue weighted by Crippen LogP contribution is 2.31. The van der Waals surface area contributed by atoms with Crippen LogP contribution in [0.2, 0.25) is 0 Å². The van der Waals surface area contributed by atoms with Gasteiger partial charge in [0.1, 0.15) is 0 Å². The minimum atomic E-state index is -3.57. The van der Waals surface area contributed by atoms with Gasteiger partial charge in [-0.3, -0.25) is 4.79 Å². The number of carbonyl (C=O) groups is 1. The monoisotopic (exact) mass is 500 g/mol. The molecule has 0 aliphatic carbocycles. The van der Waals surface area contributed by atoms with Crippen molar-refractivity contribution >= 4 is 42.6 Å². The third kappa shape index (κ3) is 4.43. The van der Waals surface area contributed by atoms with E-state index in [1.165, 1.54) is 26.7 Å². The van der Waals surface area contributed by atoms with Crippen molar-refractivity contribution in [3.05, 3.63) is 53.6 Å². The summed E-state index contributed by atoms with van der Waals surface area (Å²) in [5.74, 6) is -0.0764. The summed E-state index contributed by atoms with van der Waals surface area (Å²) in [5, 5.41) is 1.00. The number of piperazine rings is 1. The minimum Gasteiger partial charge on any atom is -0.379 e. The molecule has 10 heteroatoms. The van der Waals surface area contributed by atoms with Gasteiger partial charge in [0.05, 0.1) is 28.3 Å². The van der Waals surface area contributed by atoms with Crippen LogP contribution in [0.3, 0.4) is 0 Å². The predicted octanol–water partition coefficient (Wildman–Crippen LogP) is 2.84. The number of hydrogen-bond donors (Lipinski definition) is 0. The van der Waals surface area contributed by atoms with E-state index in [0.717, 1.165) is 30.2 Å². The Kier molecular flexibility index (Phi) is 6.57. The number of rotatable bonds is 5. The van der Waals surface area contributed by atoms with Gasteiger partial charge in [0.2, 0.25) is 10.0 Å². The Morgan fingerprint density at radius 2 is 1.71 bits per heavy atom. The lowest BCUT2D eigenvalue weighted by Crippen LogP contribution is -2.48. The van der Waals surface area contributed by atoms with Crippen LogP contribution in [-0.2, 0) is 21.2 Å². The summed E-state index contributed by atoms with van der Waals surface area (Å²) >= 11 is 1.70. The van der Waals surface area contributed by atoms with Crippen LogP contribution < -0.4 is 4.90 Å². The highest BCUT2D eigenvalue weighted by atomic mass is 32.2. The fourth-order valence-electron chi connectivity index (χ4n) is 4.40. The lowest BCUT2D eigenvalue weighted by molar-refractivity contribution is 0.0730. The molecule has 1 amide bonds. The number of carbonyl (C=O) groups excluding carboxylic acids is 1. The normalized spacial score (nSPS) is 17.9. The van der Waals surface area contributed by atoms with Gasteiger partial charge in [0, 0.05) is 44.8 Å². The van der Waals surface area contributed by atoms with Crippen molar-refractivity contribution in [2.45, 2.75) is 18.2 Å². The molecule has 0 atom stereocenters. The highest BCUT2D eigenvalue weighted by molar-refractivity contribution is 7.89. The number of amides is 1. The van der Waals surface area contributed by atoms with Crippen molar-refractivity contribution < 1.29 is 17.9 Å². The topological polar surface area (TPSA) is 83.1 Å². The van der Waals surface area contributed by atoms with E-state index < -0.39 is 10.0 Å². The van der Waals surface area contributed by atoms with Gasteiger partial charge in [-0.15, -0.1) is 0 Å². The van der Waals surface area contributed by atoms with Gasteiger partial charge < -0.3 is 14.5 Å². The van der Waals surface area contributed by atoms with E-state index in [2.05, 4.69) is 30.0 Å². The Morgan fingerprint density at radius 3 is 2.38 bits per heavy atom. The number of thiazole rings is 1. The minimum absolute atomic E-state index is 0.0764. The predicted molar refractivity (Wildman–Crippen MR) is 133 cm³/mol.